The Bertz CT molecular complexity index is 782. The molecule has 2 aliphatic heterocycles. The lowest BCUT2D eigenvalue weighted by molar-refractivity contribution is -0.0358. The standard InChI is InChI=1S/C12H15FO2.C11H13ClFNO/c1-2-4-11-12-8(10(14)7-15-11)5-3-6-9(12)13;1-14-5-10-11-7(8(12)6-15-10)3-2-4-9(11)13/h3,5-6,10-11,14H,2,4,7H2,1H3;2-4,8,10,14H,5-6H2,1H3. The van der Waals surface area contributed by atoms with E-state index >= 15 is 0 Å². The minimum Gasteiger partial charge on any atom is -0.386 e. The SMILES string of the molecule is CCCC1OCC(O)c2cccc(F)c21.CNCC1OCC(Cl)c2cccc(F)c21. The van der Waals surface area contributed by atoms with Crippen molar-refractivity contribution in [2.24, 2.45) is 0 Å². The van der Waals surface area contributed by atoms with Crippen molar-refractivity contribution in [3.05, 3.63) is 70.3 Å². The largest absolute Gasteiger partial charge is 0.386 e. The van der Waals surface area contributed by atoms with Gasteiger partial charge in [0.1, 0.15) is 17.7 Å². The second-order valence-corrected chi connectivity index (χ2v) is 7.99. The van der Waals surface area contributed by atoms with Gasteiger partial charge in [-0.25, -0.2) is 8.78 Å². The van der Waals surface area contributed by atoms with Crippen molar-refractivity contribution < 1.29 is 23.4 Å². The first-order valence-corrected chi connectivity index (χ1v) is 10.7. The van der Waals surface area contributed by atoms with Gasteiger partial charge in [-0.05, 0) is 36.7 Å². The van der Waals surface area contributed by atoms with Crippen LogP contribution in [0.2, 0.25) is 0 Å². The highest BCUT2D eigenvalue weighted by Crippen LogP contribution is 2.37. The quantitative estimate of drug-likeness (QED) is 0.649. The van der Waals surface area contributed by atoms with Gasteiger partial charge in [0, 0.05) is 17.7 Å². The molecule has 2 aromatic rings. The van der Waals surface area contributed by atoms with E-state index < -0.39 is 6.10 Å². The molecule has 2 aliphatic rings. The minimum atomic E-state index is -0.691. The van der Waals surface area contributed by atoms with Gasteiger partial charge in [0.2, 0.25) is 0 Å². The number of benzene rings is 2. The lowest BCUT2D eigenvalue weighted by atomic mass is 9.93. The monoisotopic (exact) mass is 439 g/mol. The normalized spacial score (nSPS) is 25.0. The van der Waals surface area contributed by atoms with E-state index in [0.29, 0.717) is 29.8 Å². The Morgan fingerprint density at radius 2 is 1.60 bits per heavy atom. The van der Waals surface area contributed by atoms with Crippen molar-refractivity contribution in [2.45, 2.75) is 43.5 Å². The molecule has 0 aromatic heterocycles. The Labute approximate surface area is 181 Å². The molecule has 4 nitrogen and oxygen atoms in total. The number of fused-ring (bicyclic) bond motifs is 2. The zero-order chi connectivity index (χ0) is 21.7. The zero-order valence-electron chi connectivity index (χ0n) is 17.2. The first kappa shape index (κ1) is 23.1. The van der Waals surface area contributed by atoms with Crippen LogP contribution in [0.3, 0.4) is 0 Å². The van der Waals surface area contributed by atoms with Crippen LogP contribution in [0.4, 0.5) is 8.78 Å². The van der Waals surface area contributed by atoms with Gasteiger partial charge < -0.3 is 19.9 Å². The summed E-state index contributed by atoms with van der Waals surface area (Å²) in [6.45, 7) is 3.33. The van der Waals surface area contributed by atoms with Crippen molar-refractivity contribution in [1.29, 1.82) is 0 Å². The molecule has 4 rings (SSSR count). The summed E-state index contributed by atoms with van der Waals surface area (Å²) in [5, 5.41) is 12.4. The first-order chi connectivity index (χ1) is 14.5. The molecule has 7 heteroatoms. The molecular weight excluding hydrogens is 412 g/mol. The van der Waals surface area contributed by atoms with Crippen molar-refractivity contribution >= 4 is 11.6 Å². The molecular formula is C23H28ClF2NO3. The van der Waals surface area contributed by atoms with E-state index in [0.717, 1.165) is 18.4 Å². The van der Waals surface area contributed by atoms with E-state index in [1.54, 1.807) is 18.2 Å². The summed E-state index contributed by atoms with van der Waals surface area (Å²) in [4.78, 5) is 0. The van der Waals surface area contributed by atoms with Gasteiger partial charge in [0.05, 0.1) is 30.8 Å². The fraction of sp³-hybridized carbons (Fsp3) is 0.478. The molecule has 4 unspecified atom stereocenters. The number of halogens is 3. The van der Waals surface area contributed by atoms with E-state index in [2.05, 4.69) is 5.32 Å². The zero-order valence-corrected chi connectivity index (χ0v) is 18.0. The molecule has 0 fully saturated rings. The number of likely N-dealkylation sites (N-methyl/N-ethyl adjacent to an activating group) is 1. The molecule has 30 heavy (non-hydrogen) atoms. The molecule has 2 heterocycles. The predicted molar refractivity (Wildman–Crippen MR) is 113 cm³/mol. The van der Waals surface area contributed by atoms with E-state index in [1.165, 1.54) is 12.1 Å². The maximum Gasteiger partial charge on any atom is 0.129 e. The van der Waals surface area contributed by atoms with Crippen LogP contribution in [0.25, 0.3) is 0 Å². The van der Waals surface area contributed by atoms with Crippen LogP contribution in [-0.2, 0) is 9.47 Å². The molecule has 2 N–H and O–H groups in total. The van der Waals surface area contributed by atoms with E-state index in [4.69, 9.17) is 21.1 Å². The summed E-state index contributed by atoms with van der Waals surface area (Å²) < 4.78 is 38.2. The van der Waals surface area contributed by atoms with Gasteiger partial charge in [-0.3, -0.25) is 0 Å². The highest BCUT2D eigenvalue weighted by Gasteiger charge is 2.29. The average molecular weight is 440 g/mol. The average Bonchev–Trinajstić information content (AvgIpc) is 2.73. The Morgan fingerprint density at radius 1 is 1.00 bits per heavy atom. The number of nitrogens with one attached hydrogen (secondary N) is 1. The van der Waals surface area contributed by atoms with E-state index in [9.17, 15) is 13.9 Å². The molecule has 2 aromatic carbocycles. The summed E-state index contributed by atoms with van der Waals surface area (Å²) in [7, 11) is 1.82. The van der Waals surface area contributed by atoms with Crippen molar-refractivity contribution in [3.8, 4) is 0 Å². The first-order valence-electron chi connectivity index (χ1n) is 10.2. The minimum absolute atomic E-state index is 0.199. The van der Waals surface area contributed by atoms with E-state index in [-0.39, 0.29) is 35.8 Å². The van der Waals surface area contributed by atoms with Crippen LogP contribution in [0.15, 0.2) is 36.4 Å². The molecule has 164 valence electrons. The second kappa shape index (κ2) is 10.6. The van der Waals surface area contributed by atoms with Crippen molar-refractivity contribution in [3.63, 3.8) is 0 Å². The van der Waals surface area contributed by atoms with Crippen LogP contribution < -0.4 is 5.32 Å². The topological polar surface area (TPSA) is 50.7 Å². The molecule has 0 saturated carbocycles. The van der Waals surface area contributed by atoms with Gasteiger partial charge in [-0.1, -0.05) is 37.6 Å². The molecule has 0 spiro atoms. The predicted octanol–water partition coefficient (Wildman–Crippen LogP) is 5.13. The Kier molecular flexibility index (Phi) is 8.20. The Morgan fingerprint density at radius 3 is 2.23 bits per heavy atom. The number of hydrogen-bond donors (Lipinski definition) is 2. The molecule has 0 aliphatic carbocycles. The van der Waals surface area contributed by atoms with E-state index in [1.807, 2.05) is 20.0 Å². The third-order valence-electron chi connectivity index (χ3n) is 5.35. The lowest BCUT2D eigenvalue weighted by Crippen LogP contribution is -2.27. The number of alkyl halides is 1. The number of aliphatic hydroxyl groups is 1. The smallest absolute Gasteiger partial charge is 0.129 e. The van der Waals surface area contributed by atoms with Gasteiger partial charge in [0.25, 0.3) is 0 Å². The maximum atomic E-state index is 13.7. The number of aliphatic hydroxyl groups excluding tert-OH is 1. The summed E-state index contributed by atoms with van der Waals surface area (Å²) in [5.74, 6) is -0.511. The summed E-state index contributed by atoms with van der Waals surface area (Å²) in [6, 6.07) is 9.81. The summed E-state index contributed by atoms with van der Waals surface area (Å²) in [6.07, 6.45) is 0.606. The van der Waals surface area contributed by atoms with Crippen molar-refractivity contribution in [1.82, 2.24) is 5.32 Å². The highest BCUT2D eigenvalue weighted by atomic mass is 35.5. The molecule has 4 atom stereocenters. The lowest BCUT2D eigenvalue weighted by Gasteiger charge is -2.29. The second-order valence-electron chi connectivity index (χ2n) is 7.46. The molecule has 0 radical (unpaired) electrons. The fourth-order valence-corrected chi connectivity index (χ4v) is 4.20. The third-order valence-corrected chi connectivity index (χ3v) is 5.71. The van der Waals surface area contributed by atoms with Crippen LogP contribution in [0.5, 0.6) is 0 Å². The number of hydrogen-bond acceptors (Lipinski definition) is 4. The molecule has 0 saturated heterocycles. The Balaban J connectivity index is 0.000000171. The molecule has 0 bridgehead atoms. The van der Waals surface area contributed by atoms with Crippen LogP contribution in [-0.4, -0.2) is 31.9 Å². The number of ether oxygens (including phenoxy) is 2. The third kappa shape index (κ3) is 5.01. The van der Waals surface area contributed by atoms with Crippen molar-refractivity contribution in [2.75, 3.05) is 26.8 Å². The van der Waals surface area contributed by atoms with Crippen LogP contribution >= 0.6 is 11.6 Å². The Hall–Kier alpha value is -1.57. The van der Waals surface area contributed by atoms with Crippen LogP contribution in [0.1, 0.15) is 65.7 Å². The van der Waals surface area contributed by atoms with Gasteiger partial charge in [-0.2, -0.15) is 0 Å². The maximum absolute atomic E-state index is 13.7. The number of rotatable bonds is 4. The highest BCUT2D eigenvalue weighted by molar-refractivity contribution is 6.21. The van der Waals surface area contributed by atoms with Crippen LogP contribution in [0, 0.1) is 11.6 Å². The molecule has 0 amide bonds. The van der Waals surface area contributed by atoms with Gasteiger partial charge in [-0.15, -0.1) is 11.6 Å². The fourth-order valence-electron chi connectivity index (χ4n) is 3.94. The summed E-state index contributed by atoms with van der Waals surface area (Å²) >= 11 is 6.07. The van der Waals surface area contributed by atoms with Gasteiger partial charge in [0.15, 0.2) is 0 Å². The van der Waals surface area contributed by atoms with Gasteiger partial charge >= 0.3 is 0 Å². The summed E-state index contributed by atoms with van der Waals surface area (Å²) in [5.41, 5.74) is 2.67.